The summed E-state index contributed by atoms with van der Waals surface area (Å²) in [5, 5.41) is 21.6. The van der Waals surface area contributed by atoms with E-state index in [0.29, 0.717) is 33.6 Å². The molecule has 1 unspecified atom stereocenters. The van der Waals surface area contributed by atoms with Crippen molar-refractivity contribution in [2.75, 3.05) is 6.54 Å². The van der Waals surface area contributed by atoms with Crippen molar-refractivity contribution in [2.45, 2.75) is 78.7 Å². The number of unbranched alkanes of at least 4 members (excludes halogenated alkanes) is 7. The third-order valence-corrected chi connectivity index (χ3v) is 10.4. The normalized spacial score (nSPS) is 14.4. The van der Waals surface area contributed by atoms with Crippen LogP contribution in [0.2, 0.25) is 0 Å². The zero-order chi connectivity index (χ0) is 34.7. The first-order valence-corrected chi connectivity index (χ1v) is 18.2. The Hall–Kier alpha value is -3.26. The second-order valence-electron chi connectivity index (χ2n) is 10.8. The van der Waals surface area contributed by atoms with Crippen molar-refractivity contribution < 1.29 is 71.5 Å². The van der Waals surface area contributed by atoms with Crippen molar-refractivity contribution in [2.24, 2.45) is 0 Å². The largest absolute Gasteiger partial charge is 1.00 e. The van der Waals surface area contributed by atoms with Crippen LogP contribution in [-0.4, -0.2) is 68.6 Å². The molecule has 1 N–H and O–H groups in total. The van der Waals surface area contributed by atoms with Gasteiger partial charge < -0.3 is 14.7 Å². The van der Waals surface area contributed by atoms with E-state index in [4.69, 9.17) is 0 Å². The smallest absolute Gasteiger partial charge is 0.747 e. The summed E-state index contributed by atoms with van der Waals surface area (Å²) in [6.45, 7) is 0.418. The molecule has 0 aliphatic carbocycles. The number of imide groups is 1. The van der Waals surface area contributed by atoms with Crippen LogP contribution in [-0.2, 0) is 29.3 Å². The van der Waals surface area contributed by atoms with Crippen molar-refractivity contribution >= 4 is 62.6 Å². The number of nitrogens with zero attached hydrogens (tertiary/aromatic N) is 4. The summed E-state index contributed by atoms with van der Waals surface area (Å²) in [5.41, 5.74) is 0.901. The molecule has 3 aromatic rings. The van der Waals surface area contributed by atoms with Gasteiger partial charge >= 0.3 is 35.5 Å². The zero-order valence-corrected chi connectivity index (χ0v) is 31.0. The number of benzene rings is 2. The van der Waals surface area contributed by atoms with Gasteiger partial charge in [0.15, 0.2) is 4.34 Å². The number of nitrogens with one attached hydrogen (secondary N) is 1. The van der Waals surface area contributed by atoms with Crippen molar-refractivity contribution in [3.63, 3.8) is 0 Å². The third kappa shape index (κ3) is 11.9. The summed E-state index contributed by atoms with van der Waals surface area (Å²) in [6.07, 6.45) is 5.44. The standard InChI is InChI=1S/C30H33N5O10S3.Na/c36-25-19-24(48(42,43)44)29(39)34(25)45-26(37)14-10-5-3-1-2-4-6-11-17-31-27(38)21-15-16-23(22(18-21)35(40)41)46-30-33-32-28(47-30)20-12-8-7-9-13-20;/h7-9,12-13,15-16,18,24H,1-6,10-11,14,17,19H2,(H,31,38)(H,42,43,44);/q;+1/p-1. The van der Waals surface area contributed by atoms with E-state index in [1.807, 2.05) is 30.3 Å². The van der Waals surface area contributed by atoms with Crippen LogP contribution >= 0.6 is 23.1 Å². The summed E-state index contributed by atoms with van der Waals surface area (Å²) in [6, 6.07) is 13.8. The maximum absolute atomic E-state index is 12.6. The minimum Gasteiger partial charge on any atom is -0.747 e. The van der Waals surface area contributed by atoms with Crippen LogP contribution in [0.4, 0.5) is 5.69 Å². The number of nitro groups is 1. The van der Waals surface area contributed by atoms with Gasteiger partial charge in [-0.05, 0) is 25.0 Å². The van der Waals surface area contributed by atoms with E-state index < -0.39 is 50.4 Å². The predicted molar refractivity (Wildman–Crippen MR) is 172 cm³/mol. The molecule has 1 aromatic heterocycles. The first-order chi connectivity index (χ1) is 22.9. The molecule has 256 valence electrons. The topological polar surface area (TPSA) is 219 Å². The van der Waals surface area contributed by atoms with Crippen molar-refractivity contribution in [1.82, 2.24) is 20.6 Å². The molecule has 15 nitrogen and oxygen atoms in total. The van der Waals surface area contributed by atoms with E-state index in [9.17, 15) is 42.3 Å². The molecule has 2 heterocycles. The number of carbonyl (C=O) groups is 4. The van der Waals surface area contributed by atoms with Crippen LogP contribution < -0.4 is 34.9 Å². The molecule has 0 spiro atoms. The van der Waals surface area contributed by atoms with Gasteiger partial charge in [0.25, 0.3) is 23.4 Å². The van der Waals surface area contributed by atoms with Crippen molar-refractivity contribution in [3.05, 3.63) is 64.2 Å². The number of rotatable bonds is 18. The maximum atomic E-state index is 12.6. The molecule has 3 amide bonds. The van der Waals surface area contributed by atoms with Crippen LogP contribution in [0.5, 0.6) is 0 Å². The van der Waals surface area contributed by atoms with E-state index in [1.165, 1.54) is 17.4 Å². The van der Waals surface area contributed by atoms with Crippen LogP contribution in [0.3, 0.4) is 0 Å². The van der Waals surface area contributed by atoms with Gasteiger partial charge in [0.1, 0.15) is 20.4 Å². The fraction of sp³-hybridized carbons (Fsp3) is 0.400. The third-order valence-electron chi connectivity index (χ3n) is 7.24. The number of amides is 3. The Balaban J connectivity index is 0.00000650. The van der Waals surface area contributed by atoms with Crippen molar-refractivity contribution in [1.29, 1.82) is 0 Å². The Kier molecular flexibility index (Phi) is 15.8. The van der Waals surface area contributed by atoms with Gasteiger partial charge in [-0.2, -0.15) is 0 Å². The molecule has 19 heteroatoms. The second-order valence-corrected chi connectivity index (χ2v) is 14.6. The summed E-state index contributed by atoms with van der Waals surface area (Å²) in [7, 11) is -5.02. The van der Waals surface area contributed by atoms with E-state index in [1.54, 1.807) is 12.1 Å². The van der Waals surface area contributed by atoms with Crippen LogP contribution in [0.25, 0.3) is 10.6 Å². The maximum Gasteiger partial charge on any atom is 1.00 e. The van der Waals surface area contributed by atoms with Gasteiger partial charge in [0, 0.05) is 30.2 Å². The predicted octanol–water partition coefficient (Wildman–Crippen LogP) is 1.64. The minimum atomic E-state index is -5.02. The molecular weight excluding hydrogens is 710 g/mol. The second kappa shape index (κ2) is 19.2. The number of hydrogen-bond donors (Lipinski definition) is 1. The molecule has 1 fully saturated rings. The Morgan fingerprint density at radius 1 is 1.00 bits per heavy atom. The molecule has 1 aliphatic heterocycles. The van der Waals surface area contributed by atoms with Gasteiger partial charge in [-0.15, -0.1) is 15.3 Å². The molecule has 1 saturated heterocycles. The molecule has 0 bridgehead atoms. The van der Waals surface area contributed by atoms with Gasteiger partial charge in [-0.1, -0.05) is 92.0 Å². The summed E-state index contributed by atoms with van der Waals surface area (Å²) in [4.78, 5) is 64.5. The number of nitro benzene ring substituents is 1. The minimum absolute atomic E-state index is 0. The molecule has 1 atom stereocenters. The molecule has 2 aromatic carbocycles. The number of hydrogen-bond acceptors (Lipinski definition) is 14. The summed E-state index contributed by atoms with van der Waals surface area (Å²) >= 11 is 2.44. The van der Waals surface area contributed by atoms with Crippen LogP contribution in [0.1, 0.15) is 74.6 Å². The first kappa shape index (κ1) is 40.2. The first-order valence-electron chi connectivity index (χ1n) is 15.1. The number of aromatic nitrogens is 2. The Bertz CT molecular complexity index is 1760. The van der Waals surface area contributed by atoms with E-state index in [-0.39, 0.29) is 52.3 Å². The van der Waals surface area contributed by atoms with Gasteiger partial charge in [0.05, 0.1) is 16.2 Å². The summed E-state index contributed by atoms with van der Waals surface area (Å²) in [5.74, 6) is -3.66. The van der Waals surface area contributed by atoms with Gasteiger partial charge in [-0.25, -0.2) is 13.2 Å². The average Bonchev–Trinajstić information content (AvgIpc) is 3.64. The average molecular weight is 742 g/mol. The van der Waals surface area contributed by atoms with E-state index in [0.717, 1.165) is 55.9 Å². The van der Waals surface area contributed by atoms with Gasteiger partial charge in [0.2, 0.25) is 0 Å². The quantitative estimate of drug-likeness (QED) is 0.0490. The van der Waals surface area contributed by atoms with Crippen molar-refractivity contribution in [3.8, 4) is 10.6 Å². The molecule has 1 aliphatic rings. The number of hydroxylamine groups is 2. The van der Waals surface area contributed by atoms with E-state index >= 15 is 0 Å². The monoisotopic (exact) mass is 741 g/mol. The Morgan fingerprint density at radius 3 is 2.29 bits per heavy atom. The molecule has 4 rings (SSSR count). The number of carbonyl (C=O) groups excluding carboxylic acids is 4. The van der Waals surface area contributed by atoms with Crippen LogP contribution in [0, 0.1) is 10.1 Å². The fourth-order valence-corrected chi connectivity index (χ4v) is 7.33. The SMILES string of the molecule is O=C(CCCCCCCCCCNC(=O)c1ccc(Sc2nnc(-c3ccccc3)s2)c([N+](=O)[O-])c1)ON1C(=O)CC(S(=O)(=O)[O-])C1=O.[Na+]. The summed E-state index contributed by atoms with van der Waals surface area (Å²) < 4.78 is 33.7. The van der Waals surface area contributed by atoms with Gasteiger partial charge in [-0.3, -0.25) is 24.5 Å². The Morgan fingerprint density at radius 2 is 1.65 bits per heavy atom. The molecular formula is C30H32N5NaO10S3. The molecule has 0 saturated carbocycles. The Labute approximate surface area is 312 Å². The molecule has 0 radical (unpaired) electrons. The van der Waals surface area contributed by atoms with E-state index in [2.05, 4.69) is 20.4 Å². The molecule has 49 heavy (non-hydrogen) atoms. The van der Waals surface area contributed by atoms with Crippen LogP contribution in [0.15, 0.2) is 57.8 Å². The fourth-order valence-electron chi connectivity index (χ4n) is 4.74. The zero-order valence-electron chi connectivity index (χ0n) is 26.6.